The number of piperidine rings is 1. The molecule has 0 N–H and O–H groups in total. The number of carbonyl (C=O) groups excluding carboxylic acids is 1. The Hall–Kier alpha value is -1.99. The Kier molecular flexibility index (Phi) is 5.42. The number of likely N-dealkylation sites (tertiary alicyclic amines) is 1. The summed E-state index contributed by atoms with van der Waals surface area (Å²) < 4.78 is 11.1. The quantitative estimate of drug-likeness (QED) is 0.832. The Morgan fingerprint density at radius 1 is 1.50 bits per heavy atom. The molecule has 2 aromatic rings. The van der Waals surface area contributed by atoms with Gasteiger partial charge in [0.15, 0.2) is 0 Å². The summed E-state index contributed by atoms with van der Waals surface area (Å²) in [6.07, 6.45) is 5.51. The molecule has 128 valence electrons. The van der Waals surface area contributed by atoms with Crippen LogP contribution in [0.5, 0.6) is 5.19 Å². The van der Waals surface area contributed by atoms with E-state index in [0.717, 1.165) is 30.6 Å². The van der Waals surface area contributed by atoms with Gasteiger partial charge < -0.3 is 14.4 Å². The lowest BCUT2D eigenvalue weighted by molar-refractivity contribution is -0.00670. The van der Waals surface area contributed by atoms with Gasteiger partial charge in [0.25, 0.3) is 11.1 Å². The van der Waals surface area contributed by atoms with E-state index in [9.17, 15) is 4.79 Å². The summed E-state index contributed by atoms with van der Waals surface area (Å²) in [5.74, 6) is 0.0166. The van der Waals surface area contributed by atoms with Gasteiger partial charge >= 0.3 is 0 Å². The number of aryl methyl sites for hydroxylation is 1. The Balaban J connectivity index is 1.60. The highest BCUT2D eigenvalue weighted by Crippen LogP contribution is 2.27. The molecule has 0 aliphatic carbocycles. The van der Waals surface area contributed by atoms with Crippen LogP contribution < -0.4 is 4.74 Å². The fourth-order valence-corrected chi connectivity index (χ4v) is 3.61. The Bertz CT molecular complexity index is 690. The van der Waals surface area contributed by atoms with E-state index in [1.54, 1.807) is 19.5 Å². The highest BCUT2D eigenvalue weighted by atomic mass is 32.1. The van der Waals surface area contributed by atoms with Crippen molar-refractivity contribution in [3.05, 3.63) is 40.7 Å². The molecule has 3 rings (SSSR count). The molecule has 2 aromatic heterocycles. The first-order valence-corrected chi connectivity index (χ1v) is 8.80. The van der Waals surface area contributed by atoms with E-state index in [1.807, 2.05) is 24.0 Å². The number of carbonyl (C=O) groups is 1. The molecule has 1 unspecified atom stereocenters. The second kappa shape index (κ2) is 7.72. The SMILES string of the molecule is COc1nc(C)c(C(=O)N2CCCC(OCc3cccnc3)C2)s1. The molecule has 0 saturated carbocycles. The second-order valence-electron chi connectivity index (χ2n) is 5.79. The van der Waals surface area contributed by atoms with Gasteiger partial charge in [-0.2, -0.15) is 0 Å². The first kappa shape index (κ1) is 16.9. The molecule has 0 spiro atoms. The van der Waals surface area contributed by atoms with E-state index in [0.29, 0.717) is 23.2 Å². The normalized spacial score (nSPS) is 17.8. The highest BCUT2D eigenvalue weighted by molar-refractivity contribution is 7.15. The fraction of sp³-hybridized carbons (Fsp3) is 0.471. The zero-order chi connectivity index (χ0) is 16.9. The second-order valence-corrected chi connectivity index (χ2v) is 6.75. The summed E-state index contributed by atoms with van der Waals surface area (Å²) >= 11 is 1.30. The largest absolute Gasteiger partial charge is 0.473 e. The highest BCUT2D eigenvalue weighted by Gasteiger charge is 2.27. The van der Waals surface area contributed by atoms with E-state index >= 15 is 0 Å². The van der Waals surface area contributed by atoms with Crippen molar-refractivity contribution >= 4 is 17.2 Å². The predicted molar refractivity (Wildman–Crippen MR) is 91.4 cm³/mol. The monoisotopic (exact) mass is 347 g/mol. The summed E-state index contributed by atoms with van der Waals surface area (Å²) in [4.78, 5) is 23.6. The number of aromatic nitrogens is 2. The smallest absolute Gasteiger partial charge is 0.273 e. The van der Waals surface area contributed by atoms with Gasteiger partial charge in [0.2, 0.25) is 0 Å². The van der Waals surface area contributed by atoms with Crippen molar-refractivity contribution in [2.75, 3.05) is 20.2 Å². The van der Waals surface area contributed by atoms with Crippen molar-refractivity contribution in [3.63, 3.8) is 0 Å². The van der Waals surface area contributed by atoms with Gasteiger partial charge in [-0.05, 0) is 31.4 Å². The minimum atomic E-state index is 0.0166. The zero-order valence-electron chi connectivity index (χ0n) is 13.9. The van der Waals surface area contributed by atoms with Crippen LogP contribution in [-0.4, -0.2) is 47.1 Å². The van der Waals surface area contributed by atoms with E-state index < -0.39 is 0 Å². The molecule has 1 amide bonds. The van der Waals surface area contributed by atoms with Crippen molar-refractivity contribution in [1.82, 2.24) is 14.9 Å². The third kappa shape index (κ3) is 3.91. The van der Waals surface area contributed by atoms with Crippen LogP contribution >= 0.6 is 11.3 Å². The molecule has 1 fully saturated rings. The van der Waals surface area contributed by atoms with Crippen molar-refractivity contribution in [3.8, 4) is 5.19 Å². The van der Waals surface area contributed by atoms with E-state index in [2.05, 4.69) is 9.97 Å². The van der Waals surface area contributed by atoms with Crippen molar-refractivity contribution < 1.29 is 14.3 Å². The van der Waals surface area contributed by atoms with Crippen LogP contribution in [0, 0.1) is 6.92 Å². The van der Waals surface area contributed by atoms with Crippen molar-refractivity contribution in [1.29, 1.82) is 0 Å². The first-order valence-electron chi connectivity index (χ1n) is 7.98. The van der Waals surface area contributed by atoms with Crippen LogP contribution in [0.1, 0.15) is 33.8 Å². The molecule has 1 aliphatic heterocycles. The molecule has 0 bridgehead atoms. The Labute approximate surface area is 145 Å². The third-order valence-corrected chi connectivity index (χ3v) is 5.13. The molecule has 6 nitrogen and oxygen atoms in total. The van der Waals surface area contributed by atoms with E-state index in [-0.39, 0.29) is 12.0 Å². The lowest BCUT2D eigenvalue weighted by Gasteiger charge is -2.32. The summed E-state index contributed by atoms with van der Waals surface area (Å²) in [7, 11) is 1.57. The molecule has 0 radical (unpaired) electrons. The zero-order valence-corrected chi connectivity index (χ0v) is 14.7. The maximum Gasteiger partial charge on any atom is 0.273 e. The van der Waals surface area contributed by atoms with Crippen LogP contribution in [0.3, 0.4) is 0 Å². The lowest BCUT2D eigenvalue weighted by atomic mass is 10.1. The number of hydrogen-bond donors (Lipinski definition) is 0. The van der Waals surface area contributed by atoms with Crippen LogP contribution in [0.4, 0.5) is 0 Å². The topological polar surface area (TPSA) is 64.5 Å². The van der Waals surface area contributed by atoms with Gasteiger partial charge in [-0.1, -0.05) is 17.4 Å². The number of nitrogens with zero attached hydrogens (tertiary/aromatic N) is 3. The number of ether oxygens (including phenoxy) is 2. The van der Waals surface area contributed by atoms with Gasteiger partial charge in [-0.15, -0.1) is 0 Å². The number of amides is 1. The maximum absolute atomic E-state index is 12.7. The summed E-state index contributed by atoms with van der Waals surface area (Å²) in [6, 6.07) is 3.89. The number of thiazole rings is 1. The van der Waals surface area contributed by atoms with Gasteiger partial charge in [0.05, 0.1) is 25.5 Å². The number of hydrogen-bond acceptors (Lipinski definition) is 6. The third-order valence-electron chi connectivity index (χ3n) is 4.02. The lowest BCUT2D eigenvalue weighted by Crippen LogP contribution is -2.43. The number of rotatable bonds is 5. The summed E-state index contributed by atoms with van der Waals surface area (Å²) in [6.45, 7) is 3.73. The summed E-state index contributed by atoms with van der Waals surface area (Å²) in [5.41, 5.74) is 1.77. The number of pyridine rings is 1. The summed E-state index contributed by atoms with van der Waals surface area (Å²) in [5, 5.41) is 0.525. The van der Waals surface area contributed by atoms with Gasteiger partial charge in [-0.25, -0.2) is 4.98 Å². The standard InChI is InChI=1S/C17H21N3O3S/c1-12-15(24-17(19-12)22-2)16(21)20-8-4-6-14(10-20)23-11-13-5-3-7-18-9-13/h3,5,7,9,14H,4,6,8,10-11H2,1-2H3. The fourth-order valence-electron chi connectivity index (χ4n) is 2.76. The molecule has 0 aromatic carbocycles. The predicted octanol–water partition coefficient (Wildman–Crippen LogP) is 2.68. The van der Waals surface area contributed by atoms with Crippen LogP contribution in [-0.2, 0) is 11.3 Å². The Morgan fingerprint density at radius 2 is 2.38 bits per heavy atom. The van der Waals surface area contributed by atoms with Crippen LogP contribution in [0.15, 0.2) is 24.5 Å². The van der Waals surface area contributed by atoms with E-state index in [4.69, 9.17) is 9.47 Å². The van der Waals surface area contributed by atoms with Crippen LogP contribution in [0.2, 0.25) is 0 Å². The van der Waals surface area contributed by atoms with Crippen molar-refractivity contribution in [2.24, 2.45) is 0 Å². The molecule has 7 heteroatoms. The van der Waals surface area contributed by atoms with Gasteiger partial charge in [0, 0.05) is 25.5 Å². The van der Waals surface area contributed by atoms with Gasteiger partial charge in [0.1, 0.15) is 4.88 Å². The molecule has 1 aliphatic rings. The number of methoxy groups -OCH3 is 1. The molecule has 1 atom stereocenters. The first-order chi connectivity index (χ1) is 11.7. The Morgan fingerprint density at radius 3 is 3.08 bits per heavy atom. The average Bonchev–Trinajstić information content (AvgIpc) is 3.01. The van der Waals surface area contributed by atoms with Crippen molar-refractivity contribution in [2.45, 2.75) is 32.5 Å². The van der Waals surface area contributed by atoms with Crippen LogP contribution in [0.25, 0.3) is 0 Å². The molecular formula is C17H21N3O3S. The molecule has 24 heavy (non-hydrogen) atoms. The van der Waals surface area contributed by atoms with E-state index in [1.165, 1.54) is 11.3 Å². The van der Waals surface area contributed by atoms with Gasteiger partial charge in [-0.3, -0.25) is 9.78 Å². The molecule has 1 saturated heterocycles. The average molecular weight is 347 g/mol. The maximum atomic E-state index is 12.7. The molecule has 3 heterocycles. The minimum absolute atomic E-state index is 0.0166. The molecular weight excluding hydrogens is 326 g/mol. The minimum Gasteiger partial charge on any atom is -0.473 e.